The second kappa shape index (κ2) is 8.94. The number of amides is 1. The molecule has 0 unspecified atom stereocenters. The van der Waals surface area contributed by atoms with Crippen molar-refractivity contribution in [2.75, 3.05) is 7.11 Å². The number of rotatable bonds is 6. The van der Waals surface area contributed by atoms with E-state index in [0.717, 1.165) is 5.56 Å². The lowest BCUT2D eigenvalue weighted by Crippen LogP contribution is -2.23. The SMILES string of the molecule is COc1ccc(-c2cncc(C(=O)O)c2)cc1CNC(=O)c1ccc(Cl)cc1Cl. The minimum Gasteiger partial charge on any atom is -0.496 e. The number of halogens is 2. The van der Waals surface area contributed by atoms with Crippen molar-refractivity contribution in [3.05, 3.63) is 81.6 Å². The van der Waals surface area contributed by atoms with E-state index in [1.165, 1.54) is 25.4 Å². The number of pyridine rings is 1. The Kier molecular flexibility index (Phi) is 6.36. The van der Waals surface area contributed by atoms with Gasteiger partial charge in [-0.3, -0.25) is 9.78 Å². The van der Waals surface area contributed by atoms with E-state index in [-0.39, 0.29) is 23.0 Å². The monoisotopic (exact) mass is 430 g/mol. The van der Waals surface area contributed by atoms with Crippen LogP contribution in [0.15, 0.2) is 54.9 Å². The number of carboxylic acids is 1. The number of aromatic nitrogens is 1. The van der Waals surface area contributed by atoms with E-state index in [0.29, 0.717) is 27.5 Å². The molecular formula is C21H16Cl2N2O4. The average molecular weight is 431 g/mol. The molecule has 0 radical (unpaired) electrons. The highest BCUT2D eigenvalue weighted by atomic mass is 35.5. The number of carbonyl (C=O) groups is 2. The summed E-state index contributed by atoms with van der Waals surface area (Å²) in [5, 5.41) is 12.7. The normalized spacial score (nSPS) is 10.4. The minimum atomic E-state index is -1.06. The number of hydrogen-bond donors (Lipinski definition) is 2. The van der Waals surface area contributed by atoms with Gasteiger partial charge in [0, 0.05) is 35.1 Å². The number of carbonyl (C=O) groups excluding carboxylic acids is 1. The first-order chi connectivity index (χ1) is 13.9. The van der Waals surface area contributed by atoms with Crippen molar-refractivity contribution < 1.29 is 19.4 Å². The van der Waals surface area contributed by atoms with Gasteiger partial charge in [-0.25, -0.2) is 4.79 Å². The Hall–Kier alpha value is -3.09. The Labute approximate surface area is 177 Å². The molecule has 8 heteroatoms. The number of nitrogens with zero attached hydrogens (tertiary/aromatic N) is 1. The highest BCUT2D eigenvalue weighted by Gasteiger charge is 2.13. The summed E-state index contributed by atoms with van der Waals surface area (Å²) in [4.78, 5) is 27.6. The van der Waals surface area contributed by atoms with Gasteiger partial charge in [-0.15, -0.1) is 0 Å². The first-order valence-corrected chi connectivity index (χ1v) is 9.23. The van der Waals surface area contributed by atoms with Crippen LogP contribution in [0.4, 0.5) is 0 Å². The van der Waals surface area contributed by atoms with Crippen LogP contribution in [0.1, 0.15) is 26.3 Å². The summed E-state index contributed by atoms with van der Waals surface area (Å²) in [6.07, 6.45) is 2.86. The molecule has 0 fully saturated rings. The summed E-state index contributed by atoms with van der Waals surface area (Å²) in [6, 6.07) is 11.5. The van der Waals surface area contributed by atoms with Crippen LogP contribution in [0.25, 0.3) is 11.1 Å². The summed E-state index contributed by atoms with van der Waals surface area (Å²) in [5.74, 6) is -0.826. The molecule has 148 valence electrons. The predicted molar refractivity (Wildman–Crippen MR) is 111 cm³/mol. The molecule has 0 spiro atoms. The van der Waals surface area contributed by atoms with Gasteiger partial charge < -0.3 is 15.2 Å². The number of ether oxygens (including phenoxy) is 1. The van der Waals surface area contributed by atoms with E-state index in [4.69, 9.17) is 33.0 Å². The van der Waals surface area contributed by atoms with Crippen LogP contribution in [0, 0.1) is 0 Å². The van der Waals surface area contributed by atoms with Crippen molar-refractivity contribution in [3.8, 4) is 16.9 Å². The molecule has 29 heavy (non-hydrogen) atoms. The fourth-order valence-electron chi connectivity index (χ4n) is 2.76. The van der Waals surface area contributed by atoms with E-state index in [1.807, 2.05) is 6.07 Å². The maximum Gasteiger partial charge on any atom is 0.337 e. The lowest BCUT2D eigenvalue weighted by Gasteiger charge is -2.13. The second-order valence-corrected chi connectivity index (χ2v) is 6.94. The van der Waals surface area contributed by atoms with E-state index in [2.05, 4.69) is 10.3 Å². The lowest BCUT2D eigenvalue weighted by atomic mass is 10.0. The van der Waals surface area contributed by atoms with Crippen LogP contribution in [-0.4, -0.2) is 29.1 Å². The molecule has 0 bridgehead atoms. The summed E-state index contributed by atoms with van der Waals surface area (Å²) in [6.45, 7) is 0.181. The van der Waals surface area contributed by atoms with Crippen molar-refractivity contribution in [1.82, 2.24) is 10.3 Å². The van der Waals surface area contributed by atoms with Gasteiger partial charge in [-0.05, 0) is 42.0 Å². The third-order valence-corrected chi connectivity index (χ3v) is 4.76. The van der Waals surface area contributed by atoms with E-state index < -0.39 is 5.97 Å². The highest BCUT2D eigenvalue weighted by Crippen LogP contribution is 2.27. The largest absolute Gasteiger partial charge is 0.496 e. The summed E-state index contributed by atoms with van der Waals surface area (Å²) in [7, 11) is 1.53. The van der Waals surface area contributed by atoms with Crippen LogP contribution in [0.3, 0.4) is 0 Å². The highest BCUT2D eigenvalue weighted by molar-refractivity contribution is 6.36. The zero-order chi connectivity index (χ0) is 21.0. The maximum absolute atomic E-state index is 12.5. The first kappa shape index (κ1) is 20.6. The van der Waals surface area contributed by atoms with Crippen LogP contribution < -0.4 is 10.1 Å². The fourth-order valence-corrected chi connectivity index (χ4v) is 3.25. The molecule has 1 aromatic heterocycles. The van der Waals surface area contributed by atoms with Gasteiger partial charge in [-0.1, -0.05) is 29.3 Å². The molecule has 0 aliphatic rings. The molecule has 0 saturated carbocycles. The van der Waals surface area contributed by atoms with Gasteiger partial charge in [0.15, 0.2) is 0 Å². The Bertz CT molecular complexity index is 1090. The minimum absolute atomic E-state index is 0.0885. The van der Waals surface area contributed by atoms with Crippen LogP contribution in [0.2, 0.25) is 10.0 Å². The van der Waals surface area contributed by atoms with Crippen LogP contribution >= 0.6 is 23.2 Å². The number of aromatic carboxylic acids is 1. The van der Waals surface area contributed by atoms with E-state index in [9.17, 15) is 9.59 Å². The van der Waals surface area contributed by atoms with E-state index >= 15 is 0 Å². The first-order valence-electron chi connectivity index (χ1n) is 8.48. The molecule has 0 aliphatic heterocycles. The molecule has 3 aromatic rings. The van der Waals surface area contributed by atoms with Crippen LogP contribution in [-0.2, 0) is 6.54 Å². The standard InChI is InChI=1S/C21H16Cl2N2O4/c1-29-19-5-2-12(13-7-15(21(27)28)10-24-9-13)6-14(19)11-25-20(26)17-4-3-16(22)8-18(17)23/h2-10H,11H2,1H3,(H,25,26)(H,27,28). The molecule has 0 atom stereocenters. The maximum atomic E-state index is 12.5. The van der Waals surface area contributed by atoms with E-state index in [1.54, 1.807) is 30.5 Å². The van der Waals surface area contributed by atoms with Crippen LogP contribution in [0.5, 0.6) is 5.75 Å². The van der Waals surface area contributed by atoms with Crippen molar-refractivity contribution in [1.29, 1.82) is 0 Å². The quantitative estimate of drug-likeness (QED) is 0.591. The summed E-state index contributed by atoms with van der Waals surface area (Å²) in [5.41, 5.74) is 2.50. The van der Waals surface area contributed by atoms with Gasteiger partial charge in [-0.2, -0.15) is 0 Å². The Morgan fingerprint density at radius 2 is 1.86 bits per heavy atom. The lowest BCUT2D eigenvalue weighted by molar-refractivity contribution is 0.0696. The number of methoxy groups -OCH3 is 1. The molecular weight excluding hydrogens is 415 g/mol. The molecule has 1 heterocycles. The topological polar surface area (TPSA) is 88.5 Å². The van der Waals surface area contributed by atoms with Crippen molar-refractivity contribution in [2.24, 2.45) is 0 Å². The summed E-state index contributed by atoms with van der Waals surface area (Å²) >= 11 is 12.0. The van der Waals surface area contributed by atoms with Crippen molar-refractivity contribution in [3.63, 3.8) is 0 Å². The van der Waals surface area contributed by atoms with Crippen molar-refractivity contribution in [2.45, 2.75) is 6.54 Å². The average Bonchev–Trinajstić information content (AvgIpc) is 2.71. The number of hydrogen-bond acceptors (Lipinski definition) is 4. The van der Waals surface area contributed by atoms with Crippen molar-refractivity contribution >= 4 is 35.1 Å². The fraction of sp³-hybridized carbons (Fsp3) is 0.0952. The summed E-state index contributed by atoms with van der Waals surface area (Å²) < 4.78 is 5.37. The van der Waals surface area contributed by atoms with Gasteiger partial charge in [0.05, 0.1) is 23.3 Å². The smallest absolute Gasteiger partial charge is 0.337 e. The molecule has 3 rings (SSSR count). The zero-order valence-electron chi connectivity index (χ0n) is 15.3. The number of nitrogens with one attached hydrogen (secondary N) is 1. The van der Waals surface area contributed by atoms with Gasteiger partial charge in [0.25, 0.3) is 5.91 Å². The molecule has 2 aromatic carbocycles. The predicted octanol–water partition coefficient (Wildman–Crippen LogP) is 4.69. The van der Waals surface area contributed by atoms with Gasteiger partial charge in [0.1, 0.15) is 5.75 Å². The third-order valence-electron chi connectivity index (χ3n) is 4.21. The number of carboxylic acid groups (broad SMARTS) is 1. The molecule has 2 N–H and O–H groups in total. The molecule has 6 nitrogen and oxygen atoms in total. The Balaban J connectivity index is 1.85. The number of benzene rings is 2. The Morgan fingerprint density at radius 3 is 2.55 bits per heavy atom. The third kappa shape index (κ3) is 4.85. The van der Waals surface area contributed by atoms with Gasteiger partial charge >= 0.3 is 5.97 Å². The molecule has 0 saturated heterocycles. The molecule has 1 amide bonds. The Morgan fingerprint density at radius 1 is 1.07 bits per heavy atom. The van der Waals surface area contributed by atoms with Gasteiger partial charge in [0.2, 0.25) is 0 Å². The zero-order valence-corrected chi connectivity index (χ0v) is 16.8. The molecule has 0 aliphatic carbocycles. The second-order valence-electron chi connectivity index (χ2n) is 6.10.